The molecule has 2 aliphatic rings. The fourth-order valence-corrected chi connectivity index (χ4v) is 7.16. The summed E-state index contributed by atoms with van der Waals surface area (Å²) >= 11 is 0. The zero-order valence-electron chi connectivity index (χ0n) is 26.5. The van der Waals surface area contributed by atoms with Gasteiger partial charge in [0, 0.05) is 22.3 Å². The second-order valence-electron chi connectivity index (χ2n) is 12.3. The molecule has 0 aromatic heterocycles. The fourth-order valence-electron chi connectivity index (χ4n) is 7.16. The Labute approximate surface area is 277 Å². The molecule has 6 aromatic carbocycles. The summed E-state index contributed by atoms with van der Waals surface area (Å²) < 4.78 is 0. The van der Waals surface area contributed by atoms with Crippen molar-refractivity contribution in [2.45, 2.75) is 25.7 Å². The molecule has 6 aromatic rings. The number of hydrogen-bond acceptors (Lipinski definition) is 1. The van der Waals surface area contributed by atoms with Crippen molar-refractivity contribution >= 4 is 28.7 Å². The van der Waals surface area contributed by atoms with Gasteiger partial charge >= 0.3 is 0 Å². The van der Waals surface area contributed by atoms with E-state index in [4.69, 9.17) is 0 Å². The van der Waals surface area contributed by atoms with Crippen LogP contribution in [0.4, 0.5) is 11.4 Å². The predicted molar refractivity (Wildman–Crippen MR) is 200 cm³/mol. The van der Waals surface area contributed by atoms with Gasteiger partial charge in [-0.05, 0) is 99.7 Å². The number of benzene rings is 6. The van der Waals surface area contributed by atoms with Gasteiger partial charge in [0.2, 0.25) is 0 Å². The molecule has 0 N–H and O–H groups in total. The number of allylic oxidation sites excluding steroid dienone is 4. The number of fused-ring (bicyclic) bond motifs is 1. The van der Waals surface area contributed by atoms with Crippen LogP contribution in [0.3, 0.4) is 0 Å². The molecule has 0 amide bonds. The molecule has 0 fully saturated rings. The first-order chi connectivity index (χ1) is 23.3. The maximum atomic E-state index is 2.53. The summed E-state index contributed by atoms with van der Waals surface area (Å²) in [6.07, 6.45) is 13.3. The Kier molecular flexibility index (Phi) is 7.95. The molecule has 0 saturated heterocycles. The third-order valence-corrected chi connectivity index (χ3v) is 9.42. The molecule has 2 aliphatic carbocycles. The highest BCUT2D eigenvalue weighted by atomic mass is 15.1. The second-order valence-corrected chi connectivity index (χ2v) is 12.3. The summed E-state index contributed by atoms with van der Waals surface area (Å²) in [5, 5.41) is 2.62. The monoisotopic (exact) mass is 603 g/mol. The summed E-state index contributed by atoms with van der Waals surface area (Å²) in [7, 11) is 0. The zero-order chi connectivity index (χ0) is 31.4. The topological polar surface area (TPSA) is 3.24 Å². The minimum atomic E-state index is 0.972. The van der Waals surface area contributed by atoms with Crippen LogP contribution in [0.25, 0.3) is 50.7 Å². The van der Waals surface area contributed by atoms with E-state index in [9.17, 15) is 0 Å². The van der Waals surface area contributed by atoms with Crippen molar-refractivity contribution < 1.29 is 0 Å². The van der Waals surface area contributed by atoms with Gasteiger partial charge < -0.3 is 4.90 Å². The van der Waals surface area contributed by atoms with E-state index in [-0.39, 0.29) is 0 Å². The van der Waals surface area contributed by atoms with Gasteiger partial charge in [0.15, 0.2) is 0 Å². The molecule has 0 unspecified atom stereocenters. The van der Waals surface area contributed by atoms with Crippen LogP contribution >= 0.6 is 0 Å². The van der Waals surface area contributed by atoms with E-state index < -0.39 is 0 Å². The van der Waals surface area contributed by atoms with Crippen molar-refractivity contribution in [1.82, 2.24) is 0 Å². The summed E-state index contributed by atoms with van der Waals surface area (Å²) in [6.45, 7) is 0. The summed E-state index contributed by atoms with van der Waals surface area (Å²) in [5.74, 6) is 0. The summed E-state index contributed by atoms with van der Waals surface area (Å²) in [6, 6.07) is 55.4. The quantitative estimate of drug-likeness (QED) is 0.175. The Morgan fingerprint density at radius 1 is 0.447 bits per heavy atom. The molecule has 0 radical (unpaired) electrons. The molecule has 0 atom stereocenters. The summed E-state index contributed by atoms with van der Waals surface area (Å²) in [4.78, 5) is 2.53. The molecule has 0 saturated carbocycles. The molecule has 0 aliphatic heterocycles. The van der Waals surface area contributed by atoms with Crippen molar-refractivity contribution in [1.29, 1.82) is 0 Å². The maximum Gasteiger partial charge on any atom is 0.0465 e. The van der Waals surface area contributed by atoms with E-state index in [0.29, 0.717) is 0 Å². The Hall–Kier alpha value is -5.66. The zero-order valence-corrected chi connectivity index (χ0v) is 26.5. The first-order valence-electron chi connectivity index (χ1n) is 16.7. The standard InChI is InChI=1S/C46H37N/c1-5-16-34(17-6-1)41-30-28-39(32-44(41)37-20-9-3-10-21-37)47(46-27-15-25-36-24-13-14-26-43(36)46)40-29-31-42(35-18-7-2-8-19-35)45(33-40)38-22-11-4-12-23-38/h1-11,13-14,16-22,24-26,28-33H,12,15,23,27H2. The van der Waals surface area contributed by atoms with Crippen LogP contribution in [-0.2, 0) is 0 Å². The van der Waals surface area contributed by atoms with E-state index in [1.54, 1.807) is 0 Å². The van der Waals surface area contributed by atoms with Gasteiger partial charge in [-0.1, -0.05) is 152 Å². The Balaban J connectivity index is 1.39. The molecule has 1 nitrogen and oxygen atoms in total. The minimum absolute atomic E-state index is 0.972. The highest BCUT2D eigenvalue weighted by Crippen LogP contribution is 2.42. The highest BCUT2D eigenvalue weighted by molar-refractivity contribution is 5.92. The van der Waals surface area contributed by atoms with Crippen LogP contribution in [0.5, 0.6) is 0 Å². The molecular formula is C46H37N. The largest absolute Gasteiger partial charge is 0.314 e. The molecule has 226 valence electrons. The third kappa shape index (κ3) is 5.77. The average molecular weight is 604 g/mol. The lowest BCUT2D eigenvalue weighted by Gasteiger charge is -2.31. The highest BCUT2D eigenvalue weighted by Gasteiger charge is 2.22. The average Bonchev–Trinajstić information content (AvgIpc) is 3.16. The van der Waals surface area contributed by atoms with Gasteiger partial charge in [-0.2, -0.15) is 0 Å². The molecule has 0 heterocycles. The lowest BCUT2D eigenvalue weighted by atomic mass is 9.89. The Bertz CT molecular complexity index is 2220. The number of rotatable bonds is 7. The number of nitrogens with zero attached hydrogens (tertiary/aromatic N) is 1. The Morgan fingerprint density at radius 2 is 1.00 bits per heavy atom. The lowest BCUT2D eigenvalue weighted by molar-refractivity contribution is 1.02. The third-order valence-electron chi connectivity index (χ3n) is 9.42. The van der Waals surface area contributed by atoms with Crippen LogP contribution < -0.4 is 15.3 Å². The van der Waals surface area contributed by atoms with Crippen LogP contribution in [-0.4, -0.2) is 0 Å². The first-order valence-corrected chi connectivity index (χ1v) is 16.7. The van der Waals surface area contributed by atoms with Gasteiger partial charge in [0.25, 0.3) is 0 Å². The minimum Gasteiger partial charge on any atom is -0.314 e. The maximum absolute atomic E-state index is 2.53. The number of hydrogen-bond donors (Lipinski definition) is 0. The second kappa shape index (κ2) is 13.0. The van der Waals surface area contributed by atoms with Crippen molar-refractivity contribution in [3.05, 3.63) is 186 Å². The van der Waals surface area contributed by atoms with E-state index in [0.717, 1.165) is 25.7 Å². The fraction of sp³-hybridized carbons (Fsp3) is 0.0870. The van der Waals surface area contributed by atoms with Gasteiger partial charge in [-0.25, -0.2) is 0 Å². The van der Waals surface area contributed by atoms with Gasteiger partial charge in [0.1, 0.15) is 0 Å². The van der Waals surface area contributed by atoms with Crippen molar-refractivity contribution in [3.8, 4) is 33.4 Å². The van der Waals surface area contributed by atoms with E-state index in [2.05, 4.69) is 181 Å². The predicted octanol–water partition coefficient (Wildman–Crippen LogP) is 10.9. The normalized spacial score (nSPS) is 13.8. The SMILES string of the molecule is C1=CCCC(c2cc(N(C3=c4ccccc4=CCC3)c3ccc(-c4ccccc4)c(-c4ccccc4)c3)ccc2-c2ccccc2)=C1. The van der Waals surface area contributed by atoms with Gasteiger partial charge in [0.05, 0.1) is 0 Å². The van der Waals surface area contributed by atoms with Crippen LogP contribution in [0.15, 0.2) is 170 Å². The van der Waals surface area contributed by atoms with E-state index in [1.165, 1.54) is 72.0 Å². The molecule has 1 heteroatoms. The van der Waals surface area contributed by atoms with Crippen LogP contribution in [0.2, 0.25) is 0 Å². The van der Waals surface area contributed by atoms with Crippen molar-refractivity contribution in [3.63, 3.8) is 0 Å². The lowest BCUT2D eigenvalue weighted by Crippen LogP contribution is -2.35. The van der Waals surface area contributed by atoms with E-state index in [1.807, 2.05) is 0 Å². The van der Waals surface area contributed by atoms with E-state index >= 15 is 0 Å². The molecule has 0 bridgehead atoms. The van der Waals surface area contributed by atoms with Gasteiger partial charge in [-0.15, -0.1) is 0 Å². The summed E-state index contributed by atoms with van der Waals surface area (Å²) in [5.41, 5.74) is 13.8. The molecule has 8 rings (SSSR count). The van der Waals surface area contributed by atoms with Crippen molar-refractivity contribution in [2.24, 2.45) is 0 Å². The molecule has 0 spiro atoms. The molecular weight excluding hydrogens is 567 g/mol. The van der Waals surface area contributed by atoms with Crippen molar-refractivity contribution in [2.75, 3.05) is 4.90 Å². The Morgan fingerprint density at radius 3 is 1.62 bits per heavy atom. The molecule has 47 heavy (non-hydrogen) atoms. The number of anilines is 2. The van der Waals surface area contributed by atoms with Crippen LogP contribution in [0, 0.1) is 0 Å². The van der Waals surface area contributed by atoms with Crippen LogP contribution in [0.1, 0.15) is 31.2 Å². The first kappa shape index (κ1) is 28.8. The smallest absolute Gasteiger partial charge is 0.0465 e. The van der Waals surface area contributed by atoms with Gasteiger partial charge in [-0.3, -0.25) is 0 Å².